The number of rotatable bonds is 5. The van der Waals surface area contributed by atoms with Crippen molar-refractivity contribution >= 4 is 17.7 Å². The van der Waals surface area contributed by atoms with Gasteiger partial charge in [0.05, 0.1) is 12.5 Å². The highest BCUT2D eigenvalue weighted by Crippen LogP contribution is 2.24. The average Bonchev–Trinajstić information content (AvgIpc) is 2.62. The molecule has 1 aromatic carbocycles. The largest absolute Gasteiger partial charge is 0.466 e. The third kappa shape index (κ3) is 4.28. The van der Waals surface area contributed by atoms with E-state index in [1.807, 2.05) is 18.2 Å². The first-order valence-corrected chi connectivity index (χ1v) is 8.93. The molecule has 132 valence electrons. The third-order valence-corrected chi connectivity index (χ3v) is 4.56. The molecule has 1 aliphatic rings. The molecule has 1 saturated heterocycles. The van der Waals surface area contributed by atoms with Gasteiger partial charge in [0.1, 0.15) is 0 Å². The highest BCUT2D eigenvalue weighted by atomic mass is 16.5. The van der Waals surface area contributed by atoms with Crippen LogP contribution in [0.3, 0.4) is 0 Å². The van der Waals surface area contributed by atoms with Crippen LogP contribution in [0.5, 0.6) is 0 Å². The summed E-state index contributed by atoms with van der Waals surface area (Å²) in [4.78, 5) is 26.4. The second-order valence-electron chi connectivity index (χ2n) is 6.13. The zero-order valence-electron chi connectivity index (χ0n) is 14.9. The Balaban J connectivity index is 2.08. The number of urea groups is 1. The normalized spacial score (nSPS) is 17.5. The van der Waals surface area contributed by atoms with Crippen molar-refractivity contribution in [1.29, 1.82) is 0 Å². The Kier molecular flexibility index (Phi) is 6.64. The van der Waals surface area contributed by atoms with E-state index in [4.69, 9.17) is 4.74 Å². The fraction of sp³-hybridized carbons (Fsp3) is 0.579. The maximum Gasteiger partial charge on any atom is 0.321 e. The predicted molar refractivity (Wildman–Crippen MR) is 95.1 cm³/mol. The van der Waals surface area contributed by atoms with Gasteiger partial charge < -0.3 is 15.0 Å². The Morgan fingerprint density at radius 3 is 2.46 bits per heavy atom. The molecule has 0 unspecified atom stereocenters. The summed E-state index contributed by atoms with van der Waals surface area (Å²) in [7, 11) is 0. The lowest BCUT2D eigenvalue weighted by molar-refractivity contribution is -0.149. The van der Waals surface area contributed by atoms with Crippen LogP contribution in [0.2, 0.25) is 0 Å². The van der Waals surface area contributed by atoms with Crippen LogP contribution in [-0.4, -0.2) is 36.6 Å². The third-order valence-electron chi connectivity index (χ3n) is 4.56. The number of anilines is 1. The van der Waals surface area contributed by atoms with E-state index in [0.29, 0.717) is 19.7 Å². The van der Waals surface area contributed by atoms with Gasteiger partial charge in [-0.1, -0.05) is 32.0 Å². The monoisotopic (exact) mass is 332 g/mol. The summed E-state index contributed by atoms with van der Waals surface area (Å²) in [6, 6.07) is 6.00. The number of amides is 2. The summed E-state index contributed by atoms with van der Waals surface area (Å²) in [6.07, 6.45) is 3.35. The highest BCUT2D eigenvalue weighted by Gasteiger charge is 2.29. The minimum Gasteiger partial charge on any atom is -0.466 e. The van der Waals surface area contributed by atoms with Crippen molar-refractivity contribution in [3.63, 3.8) is 0 Å². The first kappa shape index (κ1) is 18.3. The molecule has 1 fully saturated rings. The molecule has 1 atom stereocenters. The van der Waals surface area contributed by atoms with Gasteiger partial charge in [0, 0.05) is 18.8 Å². The van der Waals surface area contributed by atoms with Gasteiger partial charge in [-0.05, 0) is 43.7 Å². The molecule has 1 aliphatic heterocycles. The van der Waals surface area contributed by atoms with Gasteiger partial charge in [0.15, 0.2) is 0 Å². The maximum atomic E-state index is 12.7. The average molecular weight is 332 g/mol. The number of nitrogens with one attached hydrogen (secondary N) is 1. The molecule has 1 heterocycles. The number of piperidine rings is 1. The molecular weight excluding hydrogens is 304 g/mol. The molecule has 24 heavy (non-hydrogen) atoms. The number of nitrogens with zero attached hydrogens (tertiary/aromatic N) is 1. The first-order valence-electron chi connectivity index (χ1n) is 8.93. The summed E-state index contributed by atoms with van der Waals surface area (Å²) in [5.41, 5.74) is 3.20. The molecule has 0 bridgehead atoms. The van der Waals surface area contributed by atoms with Crippen molar-refractivity contribution in [1.82, 2.24) is 4.90 Å². The SMILES string of the molecule is CCOC(=O)[C@H]1CCCN(C(=O)Nc2c(CC)cccc2CC)C1. The number of ether oxygens (including phenoxy) is 1. The van der Waals surface area contributed by atoms with Gasteiger partial charge in [0.2, 0.25) is 0 Å². The van der Waals surface area contributed by atoms with Gasteiger partial charge >= 0.3 is 12.0 Å². The number of carbonyl (C=O) groups excluding carboxylic acids is 2. The number of likely N-dealkylation sites (tertiary alicyclic amines) is 1. The van der Waals surface area contributed by atoms with E-state index in [9.17, 15) is 9.59 Å². The fourth-order valence-corrected chi connectivity index (χ4v) is 3.20. The number of aryl methyl sites for hydroxylation is 2. The van der Waals surface area contributed by atoms with E-state index in [1.54, 1.807) is 11.8 Å². The lowest BCUT2D eigenvalue weighted by Crippen LogP contribution is -2.44. The number of hydrogen-bond donors (Lipinski definition) is 1. The van der Waals surface area contributed by atoms with Gasteiger partial charge in [0.25, 0.3) is 0 Å². The molecule has 1 N–H and O–H groups in total. The van der Waals surface area contributed by atoms with Crippen molar-refractivity contribution < 1.29 is 14.3 Å². The molecule has 1 aromatic rings. The molecular formula is C19H28N2O3. The van der Waals surface area contributed by atoms with E-state index >= 15 is 0 Å². The minimum absolute atomic E-state index is 0.125. The fourth-order valence-electron chi connectivity index (χ4n) is 3.20. The van der Waals surface area contributed by atoms with Gasteiger partial charge in [-0.15, -0.1) is 0 Å². The van der Waals surface area contributed by atoms with Crippen LogP contribution in [0, 0.1) is 5.92 Å². The van der Waals surface area contributed by atoms with E-state index in [1.165, 1.54) is 0 Å². The van der Waals surface area contributed by atoms with E-state index in [0.717, 1.165) is 42.5 Å². The van der Waals surface area contributed by atoms with Crippen molar-refractivity contribution in [2.24, 2.45) is 5.92 Å². The molecule has 0 spiro atoms. The topological polar surface area (TPSA) is 58.6 Å². The van der Waals surface area contributed by atoms with Gasteiger partial charge in [-0.2, -0.15) is 0 Å². The van der Waals surface area contributed by atoms with Crippen LogP contribution in [0.1, 0.15) is 44.7 Å². The van der Waals surface area contributed by atoms with Crippen LogP contribution in [0.4, 0.5) is 10.5 Å². The molecule has 0 aliphatic carbocycles. The zero-order chi connectivity index (χ0) is 17.5. The standard InChI is InChI=1S/C19H28N2O3/c1-4-14-9-7-10-15(5-2)17(14)20-19(23)21-12-8-11-16(13-21)18(22)24-6-3/h7,9-10,16H,4-6,8,11-13H2,1-3H3,(H,20,23)/t16-/m0/s1. The second-order valence-corrected chi connectivity index (χ2v) is 6.13. The molecule has 0 saturated carbocycles. The van der Waals surface area contributed by atoms with Crippen LogP contribution in [0.15, 0.2) is 18.2 Å². The Morgan fingerprint density at radius 2 is 1.88 bits per heavy atom. The molecule has 2 rings (SSSR count). The summed E-state index contributed by atoms with van der Waals surface area (Å²) in [5.74, 6) is -0.408. The zero-order valence-corrected chi connectivity index (χ0v) is 14.9. The molecule has 5 nitrogen and oxygen atoms in total. The number of carbonyl (C=O) groups is 2. The maximum absolute atomic E-state index is 12.7. The second kappa shape index (κ2) is 8.71. The molecule has 5 heteroatoms. The lowest BCUT2D eigenvalue weighted by Gasteiger charge is -2.32. The van der Waals surface area contributed by atoms with E-state index < -0.39 is 0 Å². The quantitative estimate of drug-likeness (QED) is 0.838. The minimum atomic E-state index is -0.212. The molecule has 0 aromatic heterocycles. The summed E-state index contributed by atoms with van der Waals surface area (Å²) in [6.45, 7) is 7.46. The highest BCUT2D eigenvalue weighted by molar-refractivity contribution is 5.91. The number of para-hydroxylation sites is 1. The Hall–Kier alpha value is -2.04. The van der Waals surface area contributed by atoms with Crippen molar-refractivity contribution in [3.8, 4) is 0 Å². The predicted octanol–water partition coefficient (Wildman–Crippen LogP) is 3.62. The van der Waals surface area contributed by atoms with Crippen LogP contribution >= 0.6 is 0 Å². The van der Waals surface area contributed by atoms with Crippen molar-refractivity contribution in [2.75, 3.05) is 25.0 Å². The Morgan fingerprint density at radius 1 is 1.21 bits per heavy atom. The van der Waals surface area contributed by atoms with E-state index in [-0.39, 0.29) is 17.9 Å². The lowest BCUT2D eigenvalue weighted by atomic mass is 9.98. The van der Waals surface area contributed by atoms with Crippen LogP contribution < -0.4 is 5.32 Å². The number of hydrogen-bond acceptors (Lipinski definition) is 3. The van der Waals surface area contributed by atoms with Gasteiger partial charge in [-0.25, -0.2) is 4.79 Å². The smallest absolute Gasteiger partial charge is 0.321 e. The van der Waals surface area contributed by atoms with Crippen LogP contribution in [0.25, 0.3) is 0 Å². The number of esters is 1. The summed E-state index contributed by atoms with van der Waals surface area (Å²) in [5, 5.41) is 3.08. The Bertz CT molecular complexity index is 564. The van der Waals surface area contributed by atoms with Crippen LogP contribution in [-0.2, 0) is 22.4 Å². The number of benzene rings is 1. The van der Waals surface area contributed by atoms with Crippen molar-refractivity contribution in [2.45, 2.75) is 46.5 Å². The van der Waals surface area contributed by atoms with Gasteiger partial charge in [-0.3, -0.25) is 4.79 Å². The molecule has 0 radical (unpaired) electrons. The van der Waals surface area contributed by atoms with E-state index in [2.05, 4.69) is 19.2 Å². The summed E-state index contributed by atoms with van der Waals surface area (Å²) < 4.78 is 5.10. The van der Waals surface area contributed by atoms with Crippen molar-refractivity contribution in [3.05, 3.63) is 29.3 Å². The first-order chi connectivity index (χ1) is 11.6. The summed E-state index contributed by atoms with van der Waals surface area (Å²) >= 11 is 0. The molecule has 2 amide bonds. The Labute approximate surface area is 144 Å².